The summed E-state index contributed by atoms with van der Waals surface area (Å²) in [5, 5.41) is 7.88. The van der Waals surface area contributed by atoms with Gasteiger partial charge in [0.15, 0.2) is 18.5 Å². The molecule has 3 amide bonds. The van der Waals surface area contributed by atoms with Crippen molar-refractivity contribution in [2.75, 3.05) is 6.54 Å². The maximum absolute atomic E-state index is 14.6. The molecule has 0 bridgehead atoms. The molecule has 0 radical (unpaired) electrons. The van der Waals surface area contributed by atoms with E-state index in [0.29, 0.717) is 30.2 Å². The van der Waals surface area contributed by atoms with Crippen LogP contribution in [-0.4, -0.2) is 78.5 Å². The third kappa shape index (κ3) is 5.65. The zero-order valence-corrected chi connectivity index (χ0v) is 20.0. The first-order valence-corrected chi connectivity index (χ1v) is 12.2. The molecule has 1 aliphatic heterocycles. The van der Waals surface area contributed by atoms with Crippen LogP contribution < -0.4 is 16.0 Å². The highest BCUT2D eigenvalue weighted by atomic mass is 19.2. The highest BCUT2D eigenvalue weighted by molar-refractivity contribution is 6.00. The highest BCUT2D eigenvalue weighted by Gasteiger charge is 2.54. The number of rotatable bonds is 9. The molecular weight excluding hydrogens is 515 g/mol. The maximum Gasteiger partial charge on any atom is 0.268 e. The van der Waals surface area contributed by atoms with Crippen LogP contribution in [0.15, 0.2) is 30.3 Å². The molecular formula is C25H27F5N4O4. The third-order valence-corrected chi connectivity index (χ3v) is 7.13. The number of carbonyl (C=O) groups excluding carboxylic acids is 4. The summed E-state index contributed by atoms with van der Waals surface area (Å²) < 4.78 is 71.0. The molecule has 2 fully saturated rings. The Labute approximate surface area is 214 Å². The topological polar surface area (TPSA) is 120 Å². The van der Waals surface area contributed by atoms with Gasteiger partial charge in [-0.25, -0.2) is 22.0 Å². The average Bonchev–Trinajstić information content (AvgIpc) is 3.53. The summed E-state index contributed by atoms with van der Waals surface area (Å²) in [5.41, 5.74) is 0.579. The second-order valence-electron chi connectivity index (χ2n) is 9.68. The number of aldehydes is 1. The van der Waals surface area contributed by atoms with Crippen LogP contribution in [0.25, 0.3) is 10.9 Å². The van der Waals surface area contributed by atoms with Crippen LogP contribution in [0.3, 0.4) is 0 Å². The number of benzene rings is 1. The van der Waals surface area contributed by atoms with Gasteiger partial charge in [0.1, 0.15) is 30.4 Å². The molecule has 2 unspecified atom stereocenters. The van der Waals surface area contributed by atoms with E-state index in [2.05, 4.69) is 20.9 Å². The lowest BCUT2D eigenvalue weighted by Gasteiger charge is -2.37. The van der Waals surface area contributed by atoms with E-state index < -0.39 is 73.0 Å². The summed E-state index contributed by atoms with van der Waals surface area (Å²) in [4.78, 5) is 52.4. The quantitative estimate of drug-likeness (QED) is 0.287. The number of halogens is 5. The largest absolute Gasteiger partial charge is 0.356 e. The number of alkyl halides is 5. The van der Waals surface area contributed by atoms with Gasteiger partial charge >= 0.3 is 0 Å². The van der Waals surface area contributed by atoms with Crippen molar-refractivity contribution in [2.24, 2.45) is 11.8 Å². The van der Waals surface area contributed by atoms with Crippen molar-refractivity contribution in [1.29, 1.82) is 0 Å². The van der Waals surface area contributed by atoms with Gasteiger partial charge in [0.2, 0.25) is 11.8 Å². The van der Waals surface area contributed by atoms with Gasteiger partial charge in [0.25, 0.3) is 5.91 Å². The standard InChI is InChI=1S/C25H27F5N4O4/c26-18-14(19(27)21(29)22(30)20(18)28)9-17(24(37)32-13(10-35)7-12-5-6-31-23(12)36)34-25(38)16-8-11-3-1-2-4-15(11)33-16/h1-4,8,10,12-14,17-22,33H,5-7,9H2,(H,31,36)(H,32,37)(H,34,38)/t12-,13-,14?,17-,18-,19+,20-,21+,22?/m0/s1. The van der Waals surface area contributed by atoms with Crippen LogP contribution in [0.5, 0.6) is 0 Å². The van der Waals surface area contributed by atoms with Crippen molar-refractivity contribution in [1.82, 2.24) is 20.9 Å². The van der Waals surface area contributed by atoms with E-state index in [1.807, 2.05) is 0 Å². The first-order chi connectivity index (χ1) is 18.1. The number of amides is 3. The number of fused-ring (bicyclic) bond motifs is 1. The number of aromatic nitrogens is 1. The Kier molecular flexibility index (Phi) is 8.32. The summed E-state index contributed by atoms with van der Waals surface area (Å²) in [5.74, 6) is -4.88. The lowest BCUT2D eigenvalue weighted by molar-refractivity contribution is -0.129. The molecule has 9 atom stereocenters. The van der Waals surface area contributed by atoms with Gasteiger partial charge < -0.3 is 25.7 Å². The molecule has 13 heteroatoms. The van der Waals surface area contributed by atoms with Crippen LogP contribution in [-0.2, 0) is 14.4 Å². The van der Waals surface area contributed by atoms with Crippen LogP contribution in [0.2, 0.25) is 0 Å². The number of aromatic amines is 1. The summed E-state index contributed by atoms with van der Waals surface area (Å²) in [6.45, 7) is 0.397. The van der Waals surface area contributed by atoms with Crippen molar-refractivity contribution in [3.05, 3.63) is 36.0 Å². The van der Waals surface area contributed by atoms with E-state index in [9.17, 15) is 41.1 Å². The van der Waals surface area contributed by atoms with Crippen LogP contribution in [0, 0.1) is 11.8 Å². The van der Waals surface area contributed by atoms with Gasteiger partial charge in [-0.2, -0.15) is 0 Å². The summed E-state index contributed by atoms with van der Waals surface area (Å²) >= 11 is 0. The van der Waals surface area contributed by atoms with Crippen molar-refractivity contribution in [3.8, 4) is 0 Å². The van der Waals surface area contributed by atoms with Crippen LogP contribution in [0.1, 0.15) is 29.8 Å². The Hall–Kier alpha value is -3.51. The lowest BCUT2D eigenvalue weighted by Crippen LogP contribution is -2.57. The van der Waals surface area contributed by atoms with Crippen molar-refractivity contribution in [2.45, 2.75) is 62.2 Å². The predicted molar refractivity (Wildman–Crippen MR) is 126 cm³/mol. The lowest BCUT2D eigenvalue weighted by atomic mass is 9.78. The molecule has 1 saturated carbocycles. The molecule has 4 N–H and O–H groups in total. The molecule has 206 valence electrons. The summed E-state index contributed by atoms with van der Waals surface area (Å²) in [7, 11) is 0. The minimum Gasteiger partial charge on any atom is -0.356 e. The highest BCUT2D eigenvalue weighted by Crippen LogP contribution is 2.38. The first kappa shape index (κ1) is 27.5. The van der Waals surface area contributed by atoms with Gasteiger partial charge in [-0.3, -0.25) is 14.4 Å². The zero-order chi connectivity index (χ0) is 27.6. The Morgan fingerprint density at radius 2 is 1.63 bits per heavy atom. The van der Waals surface area contributed by atoms with E-state index in [-0.39, 0.29) is 18.0 Å². The number of para-hydroxylation sites is 1. The Bertz CT molecular complexity index is 1150. The molecule has 1 aromatic heterocycles. The average molecular weight is 543 g/mol. The third-order valence-electron chi connectivity index (χ3n) is 7.13. The summed E-state index contributed by atoms with van der Waals surface area (Å²) in [6, 6.07) is 5.37. The number of hydrogen-bond donors (Lipinski definition) is 4. The van der Waals surface area contributed by atoms with E-state index in [0.717, 1.165) is 0 Å². The van der Waals surface area contributed by atoms with E-state index >= 15 is 0 Å². The van der Waals surface area contributed by atoms with Gasteiger partial charge in [-0.1, -0.05) is 18.2 Å². The van der Waals surface area contributed by atoms with Gasteiger partial charge in [0, 0.05) is 29.3 Å². The van der Waals surface area contributed by atoms with E-state index in [1.54, 1.807) is 24.3 Å². The smallest absolute Gasteiger partial charge is 0.268 e. The van der Waals surface area contributed by atoms with Gasteiger partial charge in [-0.15, -0.1) is 0 Å². The molecule has 38 heavy (non-hydrogen) atoms. The molecule has 2 heterocycles. The van der Waals surface area contributed by atoms with Crippen molar-refractivity contribution < 1.29 is 41.1 Å². The van der Waals surface area contributed by atoms with Crippen molar-refractivity contribution in [3.63, 3.8) is 0 Å². The fourth-order valence-electron chi connectivity index (χ4n) is 4.98. The van der Waals surface area contributed by atoms with Crippen LogP contribution in [0.4, 0.5) is 22.0 Å². The fourth-order valence-corrected chi connectivity index (χ4v) is 4.98. The Morgan fingerprint density at radius 1 is 0.974 bits per heavy atom. The fraction of sp³-hybridized carbons (Fsp3) is 0.520. The number of nitrogens with one attached hydrogen (secondary N) is 4. The molecule has 2 aromatic rings. The molecule has 8 nitrogen and oxygen atoms in total. The minimum absolute atomic E-state index is 0.00800. The van der Waals surface area contributed by atoms with Crippen molar-refractivity contribution >= 4 is 34.9 Å². The van der Waals surface area contributed by atoms with E-state index in [4.69, 9.17) is 0 Å². The monoisotopic (exact) mass is 542 g/mol. The molecule has 1 aromatic carbocycles. The Morgan fingerprint density at radius 3 is 2.24 bits per heavy atom. The predicted octanol–water partition coefficient (Wildman–Crippen LogP) is 2.19. The first-order valence-electron chi connectivity index (χ1n) is 12.2. The molecule has 2 aliphatic rings. The minimum atomic E-state index is -3.01. The molecule has 1 aliphatic carbocycles. The number of hydrogen-bond acceptors (Lipinski definition) is 4. The zero-order valence-electron chi connectivity index (χ0n) is 20.0. The second-order valence-corrected chi connectivity index (χ2v) is 9.68. The summed E-state index contributed by atoms with van der Waals surface area (Å²) in [6.07, 6.45) is -14.7. The van der Waals surface area contributed by atoms with E-state index in [1.165, 1.54) is 6.07 Å². The van der Waals surface area contributed by atoms with Crippen LogP contribution >= 0.6 is 0 Å². The van der Waals surface area contributed by atoms with Gasteiger partial charge in [0.05, 0.1) is 6.04 Å². The maximum atomic E-state index is 14.6. The SMILES string of the molecule is O=C[C@H](C[C@@H]1CCNC1=O)NC(=O)[C@H](CC1[C@@H](F)[C@@H](F)C(F)[C@@H](F)[C@H]1F)NC(=O)c1cc2ccccc2[nH]1. The van der Waals surface area contributed by atoms with Gasteiger partial charge in [-0.05, 0) is 31.4 Å². The molecule has 1 saturated heterocycles. The normalized spacial score (nSPS) is 30.9. The Balaban J connectivity index is 1.55. The molecule has 4 rings (SSSR count). The number of carbonyl (C=O) groups is 4. The number of H-pyrrole nitrogens is 1. The molecule has 0 spiro atoms. The second kappa shape index (κ2) is 11.5.